The van der Waals surface area contributed by atoms with Gasteiger partial charge in [0.2, 0.25) is 0 Å². The first-order valence-corrected chi connectivity index (χ1v) is 6.16. The van der Waals surface area contributed by atoms with Gasteiger partial charge in [0.25, 0.3) is 10.2 Å². The number of rotatable bonds is 8. The van der Waals surface area contributed by atoms with Gasteiger partial charge in [-0.1, -0.05) is 0 Å². The topological polar surface area (TPSA) is 105 Å². The Kier molecular flexibility index (Phi) is 5.87. The molecule has 16 heavy (non-hydrogen) atoms. The van der Waals surface area contributed by atoms with Crippen molar-refractivity contribution in [2.75, 3.05) is 26.8 Å². The van der Waals surface area contributed by atoms with Crippen molar-refractivity contribution >= 4 is 16.2 Å². The summed E-state index contributed by atoms with van der Waals surface area (Å²) in [4.78, 5) is 10.7. The second kappa shape index (κ2) is 6.14. The number of nitrogens with one attached hydrogen (secondary N) is 2. The van der Waals surface area contributed by atoms with Gasteiger partial charge >= 0.3 is 5.97 Å². The summed E-state index contributed by atoms with van der Waals surface area (Å²) in [7, 11) is -2.21. The summed E-state index contributed by atoms with van der Waals surface area (Å²) >= 11 is 0. The molecule has 0 aromatic rings. The van der Waals surface area contributed by atoms with Gasteiger partial charge < -0.3 is 9.84 Å². The summed E-state index contributed by atoms with van der Waals surface area (Å²) in [6.07, 6.45) is 0. The van der Waals surface area contributed by atoms with Crippen LogP contribution in [0, 0.1) is 5.41 Å². The van der Waals surface area contributed by atoms with Crippen molar-refractivity contribution in [2.45, 2.75) is 13.8 Å². The highest BCUT2D eigenvalue weighted by atomic mass is 32.2. The molecule has 0 aliphatic rings. The van der Waals surface area contributed by atoms with Gasteiger partial charge in [-0.2, -0.15) is 13.1 Å². The molecule has 0 radical (unpaired) electrons. The molecular formula is C8H18N2O5S. The molecule has 8 heteroatoms. The highest BCUT2D eigenvalue weighted by molar-refractivity contribution is 7.87. The van der Waals surface area contributed by atoms with Crippen molar-refractivity contribution in [1.29, 1.82) is 0 Å². The van der Waals surface area contributed by atoms with Gasteiger partial charge in [-0.25, -0.2) is 4.72 Å². The summed E-state index contributed by atoms with van der Waals surface area (Å²) in [6, 6.07) is 0. The van der Waals surface area contributed by atoms with Gasteiger partial charge in [-0.05, 0) is 13.8 Å². The summed E-state index contributed by atoms with van der Waals surface area (Å²) in [5.74, 6) is -1.06. The predicted molar refractivity (Wildman–Crippen MR) is 58.2 cm³/mol. The largest absolute Gasteiger partial charge is 0.481 e. The Morgan fingerprint density at radius 2 is 1.94 bits per heavy atom. The van der Waals surface area contributed by atoms with Crippen LogP contribution in [0.5, 0.6) is 0 Å². The fourth-order valence-corrected chi connectivity index (χ4v) is 1.69. The lowest BCUT2D eigenvalue weighted by Gasteiger charge is -2.19. The average molecular weight is 254 g/mol. The summed E-state index contributed by atoms with van der Waals surface area (Å²) in [5.41, 5.74) is -1.14. The number of methoxy groups -OCH3 is 1. The van der Waals surface area contributed by atoms with Gasteiger partial charge in [0.15, 0.2) is 0 Å². The zero-order valence-electron chi connectivity index (χ0n) is 9.61. The van der Waals surface area contributed by atoms with Crippen LogP contribution in [0.1, 0.15) is 13.8 Å². The minimum atomic E-state index is -3.66. The second-order valence-electron chi connectivity index (χ2n) is 3.90. The fourth-order valence-electron chi connectivity index (χ4n) is 0.680. The lowest BCUT2D eigenvalue weighted by atomic mass is 9.95. The van der Waals surface area contributed by atoms with E-state index in [9.17, 15) is 13.2 Å². The van der Waals surface area contributed by atoms with E-state index in [2.05, 4.69) is 14.2 Å². The Balaban J connectivity index is 4.14. The van der Waals surface area contributed by atoms with Crippen LogP contribution in [0.4, 0.5) is 0 Å². The fraction of sp³-hybridized carbons (Fsp3) is 0.875. The molecule has 0 heterocycles. The van der Waals surface area contributed by atoms with Gasteiger partial charge in [-0.3, -0.25) is 4.79 Å². The molecule has 0 unspecified atom stereocenters. The summed E-state index contributed by atoms with van der Waals surface area (Å²) in [6.45, 7) is 3.09. The molecular weight excluding hydrogens is 236 g/mol. The number of carboxylic acids is 1. The third-order valence-corrected chi connectivity index (χ3v) is 2.99. The first kappa shape index (κ1) is 15.3. The highest BCUT2D eigenvalue weighted by Gasteiger charge is 2.28. The van der Waals surface area contributed by atoms with E-state index < -0.39 is 21.6 Å². The minimum Gasteiger partial charge on any atom is -0.481 e. The Labute approximate surface area is 95.4 Å². The molecule has 7 nitrogen and oxygen atoms in total. The van der Waals surface area contributed by atoms with Gasteiger partial charge in [0.05, 0.1) is 12.0 Å². The smallest absolute Gasteiger partial charge is 0.310 e. The van der Waals surface area contributed by atoms with Crippen LogP contribution >= 0.6 is 0 Å². The lowest BCUT2D eigenvalue weighted by Crippen LogP contribution is -2.44. The number of ether oxygens (including phenoxy) is 1. The quantitative estimate of drug-likeness (QED) is 0.490. The van der Waals surface area contributed by atoms with Crippen LogP contribution in [0.25, 0.3) is 0 Å². The van der Waals surface area contributed by atoms with Crippen molar-refractivity contribution in [3.05, 3.63) is 0 Å². The van der Waals surface area contributed by atoms with Crippen LogP contribution in [0.15, 0.2) is 0 Å². The molecule has 0 fully saturated rings. The first-order valence-electron chi connectivity index (χ1n) is 4.68. The highest BCUT2D eigenvalue weighted by Crippen LogP contribution is 2.13. The maximum Gasteiger partial charge on any atom is 0.310 e. The van der Waals surface area contributed by atoms with E-state index in [1.165, 1.54) is 21.0 Å². The Hall–Kier alpha value is -0.700. The van der Waals surface area contributed by atoms with Gasteiger partial charge in [-0.15, -0.1) is 0 Å². The average Bonchev–Trinajstić information content (AvgIpc) is 2.15. The number of hydrogen-bond acceptors (Lipinski definition) is 4. The van der Waals surface area contributed by atoms with Crippen LogP contribution in [-0.4, -0.2) is 46.3 Å². The van der Waals surface area contributed by atoms with Gasteiger partial charge in [0.1, 0.15) is 0 Å². The molecule has 0 aliphatic heterocycles. The molecule has 96 valence electrons. The molecule has 0 aliphatic carbocycles. The van der Waals surface area contributed by atoms with E-state index in [-0.39, 0.29) is 19.7 Å². The molecule has 0 atom stereocenters. The molecule has 0 saturated heterocycles. The molecule has 0 aromatic heterocycles. The van der Waals surface area contributed by atoms with Crippen molar-refractivity contribution in [2.24, 2.45) is 5.41 Å². The lowest BCUT2D eigenvalue weighted by molar-refractivity contribution is -0.146. The summed E-state index contributed by atoms with van der Waals surface area (Å²) < 4.78 is 31.7. The van der Waals surface area contributed by atoms with Crippen molar-refractivity contribution in [3.8, 4) is 0 Å². The molecule has 0 amide bonds. The maximum atomic E-state index is 11.3. The van der Waals surface area contributed by atoms with E-state index >= 15 is 0 Å². The van der Waals surface area contributed by atoms with Crippen LogP contribution < -0.4 is 9.44 Å². The SMILES string of the molecule is COCCNS(=O)(=O)NCC(C)(C)C(=O)O. The zero-order valence-corrected chi connectivity index (χ0v) is 10.4. The van der Waals surface area contributed by atoms with Crippen LogP contribution in [0.2, 0.25) is 0 Å². The third kappa shape index (κ3) is 6.01. The molecule has 0 bridgehead atoms. The number of hydrogen-bond donors (Lipinski definition) is 3. The van der Waals surface area contributed by atoms with E-state index in [0.717, 1.165) is 0 Å². The van der Waals surface area contributed by atoms with Crippen molar-refractivity contribution in [1.82, 2.24) is 9.44 Å². The molecule has 0 aromatic carbocycles. The zero-order chi connectivity index (χ0) is 12.8. The van der Waals surface area contributed by atoms with E-state index in [1.807, 2.05) is 0 Å². The van der Waals surface area contributed by atoms with E-state index in [1.54, 1.807) is 0 Å². The molecule has 0 rings (SSSR count). The third-order valence-electron chi connectivity index (χ3n) is 1.88. The Morgan fingerprint density at radius 3 is 2.38 bits per heavy atom. The van der Waals surface area contributed by atoms with E-state index in [0.29, 0.717) is 0 Å². The van der Waals surface area contributed by atoms with Gasteiger partial charge in [0, 0.05) is 20.2 Å². The molecule has 3 N–H and O–H groups in total. The summed E-state index contributed by atoms with van der Waals surface area (Å²) in [5, 5.41) is 8.78. The number of carbonyl (C=O) groups is 1. The van der Waals surface area contributed by atoms with Crippen molar-refractivity contribution in [3.63, 3.8) is 0 Å². The Morgan fingerprint density at radius 1 is 1.38 bits per heavy atom. The first-order chi connectivity index (χ1) is 7.21. The van der Waals surface area contributed by atoms with Crippen LogP contribution in [-0.2, 0) is 19.7 Å². The monoisotopic (exact) mass is 254 g/mol. The number of carboxylic acid groups (broad SMARTS) is 1. The van der Waals surface area contributed by atoms with Crippen LogP contribution in [0.3, 0.4) is 0 Å². The minimum absolute atomic E-state index is 0.138. The molecule has 0 spiro atoms. The predicted octanol–water partition coefficient (Wildman–Crippen LogP) is -0.832. The number of aliphatic carboxylic acids is 1. The standard InChI is InChI=1S/C8H18N2O5S/c1-8(2,7(11)12)6-10-16(13,14)9-4-5-15-3/h9-10H,4-6H2,1-3H3,(H,11,12). The normalized spacial score (nSPS) is 12.7. The Bertz CT molecular complexity index is 325. The van der Waals surface area contributed by atoms with E-state index in [4.69, 9.17) is 5.11 Å². The second-order valence-corrected chi connectivity index (χ2v) is 5.48. The molecule has 0 saturated carbocycles. The maximum absolute atomic E-state index is 11.3. The van der Waals surface area contributed by atoms with Crippen molar-refractivity contribution < 1.29 is 23.1 Å².